The summed E-state index contributed by atoms with van der Waals surface area (Å²) < 4.78 is 6.77. The van der Waals surface area contributed by atoms with Gasteiger partial charge >= 0.3 is 0 Å². The highest BCUT2D eigenvalue weighted by Gasteiger charge is 2.71. The summed E-state index contributed by atoms with van der Waals surface area (Å²) in [6.07, 6.45) is 9.01. The predicted octanol–water partition coefficient (Wildman–Crippen LogP) is 3.55. The summed E-state index contributed by atoms with van der Waals surface area (Å²) in [4.78, 5) is 48.4. The second-order valence-corrected chi connectivity index (χ2v) is 11.5. The molecule has 3 amide bonds. The van der Waals surface area contributed by atoms with E-state index >= 15 is 0 Å². The fraction of sp³-hybridized carbons (Fsp3) is 0.424. The predicted molar refractivity (Wildman–Crippen MR) is 156 cm³/mol. The van der Waals surface area contributed by atoms with Crippen molar-refractivity contribution in [1.29, 1.82) is 0 Å². The molecule has 0 aliphatic carbocycles. The van der Waals surface area contributed by atoms with E-state index in [4.69, 9.17) is 4.74 Å². The van der Waals surface area contributed by atoms with Crippen LogP contribution in [0.5, 0.6) is 0 Å². The lowest BCUT2D eigenvalue weighted by Gasteiger charge is -2.36. The topological polar surface area (TPSA) is 90.4 Å². The average Bonchev–Trinajstić information content (AvgIpc) is 3.27. The van der Waals surface area contributed by atoms with Crippen molar-refractivity contribution in [3.63, 3.8) is 0 Å². The second-order valence-electron chi connectivity index (χ2n) is 11.5. The average molecular weight is 556 g/mol. The van der Waals surface area contributed by atoms with Crippen molar-refractivity contribution in [1.82, 2.24) is 4.90 Å². The minimum absolute atomic E-state index is 0.0783. The summed E-state index contributed by atoms with van der Waals surface area (Å²) in [5.74, 6) is -2.16. The molecule has 0 aromatic heterocycles. The van der Waals surface area contributed by atoms with Crippen molar-refractivity contribution in [3.05, 3.63) is 84.0 Å². The molecular weight excluding hydrogens is 518 g/mol. The van der Waals surface area contributed by atoms with Crippen LogP contribution in [0.15, 0.2) is 72.8 Å². The molecule has 1 unspecified atom stereocenters. The number of carbonyl (C=O) groups excluding carboxylic acids is 3. The van der Waals surface area contributed by atoms with E-state index in [-0.39, 0.29) is 24.3 Å². The largest absolute Gasteiger partial charge is 0.396 e. The van der Waals surface area contributed by atoms with Gasteiger partial charge in [-0.05, 0) is 56.4 Å². The Kier molecular flexibility index (Phi) is 7.30. The Balaban J connectivity index is 1.43. The molecule has 2 aromatic carbocycles. The zero-order chi connectivity index (χ0) is 28.7. The van der Waals surface area contributed by atoms with E-state index in [1.165, 1.54) is 0 Å². The van der Waals surface area contributed by atoms with E-state index < -0.39 is 29.6 Å². The number of anilines is 2. The third-order valence-electron chi connectivity index (χ3n) is 8.99. The first kappa shape index (κ1) is 27.4. The van der Waals surface area contributed by atoms with Crippen molar-refractivity contribution in [2.24, 2.45) is 11.8 Å². The number of ether oxygens (including phenoxy) is 1. The Bertz CT molecular complexity index is 1380. The monoisotopic (exact) mass is 555 g/mol. The van der Waals surface area contributed by atoms with Gasteiger partial charge in [0.15, 0.2) is 0 Å². The molecule has 2 fully saturated rings. The first-order valence-corrected chi connectivity index (χ1v) is 14.6. The minimum Gasteiger partial charge on any atom is -0.396 e. The molecule has 8 nitrogen and oxygen atoms in total. The molecule has 2 aromatic rings. The van der Waals surface area contributed by atoms with Crippen LogP contribution in [0.4, 0.5) is 11.4 Å². The molecular formula is C33H37N3O5. The number of aliphatic hydroxyl groups is 1. The fourth-order valence-corrected chi connectivity index (χ4v) is 7.22. The molecule has 8 heteroatoms. The number of unbranched alkanes of at least 4 members (excludes halogenated alkanes) is 2. The summed E-state index contributed by atoms with van der Waals surface area (Å²) >= 11 is 0. The van der Waals surface area contributed by atoms with Gasteiger partial charge in [0.25, 0.3) is 5.91 Å². The van der Waals surface area contributed by atoms with Gasteiger partial charge in [-0.2, -0.15) is 0 Å². The van der Waals surface area contributed by atoms with E-state index in [0.717, 1.165) is 28.9 Å². The zero-order valence-corrected chi connectivity index (χ0v) is 23.6. The van der Waals surface area contributed by atoms with Gasteiger partial charge in [-0.15, -0.1) is 0 Å². The maximum atomic E-state index is 14.6. The van der Waals surface area contributed by atoms with Crippen LogP contribution in [0.1, 0.15) is 30.4 Å². The maximum Gasteiger partial charge on any atom is 0.253 e. The highest BCUT2D eigenvalue weighted by molar-refractivity contribution is 6.07. The maximum absolute atomic E-state index is 14.6. The van der Waals surface area contributed by atoms with Crippen LogP contribution in [0.2, 0.25) is 0 Å². The molecule has 1 N–H and O–H groups in total. The van der Waals surface area contributed by atoms with Crippen LogP contribution in [-0.2, 0) is 19.1 Å². The lowest BCUT2D eigenvalue weighted by molar-refractivity contribution is -0.140. The summed E-state index contributed by atoms with van der Waals surface area (Å²) in [5, 5.41) is 9.30. The van der Waals surface area contributed by atoms with Gasteiger partial charge in [-0.3, -0.25) is 14.4 Å². The van der Waals surface area contributed by atoms with E-state index in [1.54, 1.807) is 14.7 Å². The van der Waals surface area contributed by atoms with Crippen LogP contribution in [0, 0.1) is 25.7 Å². The molecule has 0 bridgehead atoms. The lowest BCUT2D eigenvalue weighted by Crippen LogP contribution is -2.55. The van der Waals surface area contributed by atoms with E-state index in [1.807, 2.05) is 86.7 Å². The Labute approximate surface area is 240 Å². The van der Waals surface area contributed by atoms with Crippen LogP contribution in [0.25, 0.3) is 0 Å². The number of hydrogen-bond acceptors (Lipinski definition) is 5. The molecule has 214 valence electrons. The number of aryl methyl sites for hydroxylation is 2. The minimum atomic E-state index is -1.26. The van der Waals surface area contributed by atoms with Gasteiger partial charge in [-0.25, -0.2) is 0 Å². The first-order chi connectivity index (χ1) is 19.9. The summed E-state index contributed by atoms with van der Waals surface area (Å²) in [7, 11) is 0. The molecule has 4 aliphatic rings. The van der Waals surface area contributed by atoms with E-state index in [0.29, 0.717) is 32.5 Å². The number of aliphatic hydroxyl groups excluding tert-OH is 1. The van der Waals surface area contributed by atoms with Crippen molar-refractivity contribution >= 4 is 29.1 Å². The summed E-state index contributed by atoms with van der Waals surface area (Å²) in [5.41, 5.74) is 2.30. The second kappa shape index (κ2) is 10.9. The van der Waals surface area contributed by atoms with Crippen LogP contribution >= 0.6 is 0 Å². The Hall–Kier alpha value is -3.75. The van der Waals surface area contributed by atoms with Gasteiger partial charge in [0.1, 0.15) is 11.6 Å². The van der Waals surface area contributed by atoms with E-state index in [9.17, 15) is 19.5 Å². The van der Waals surface area contributed by atoms with Gasteiger partial charge in [0, 0.05) is 37.6 Å². The molecule has 4 aliphatic heterocycles. The molecule has 1 spiro atoms. The number of amides is 3. The summed E-state index contributed by atoms with van der Waals surface area (Å²) in [6.45, 7) is 5.14. The molecule has 41 heavy (non-hydrogen) atoms. The van der Waals surface area contributed by atoms with E-state index in [2.05, 4.69) is 0 Å². The van der Waals surface area contributed by atoms with Gasteiger partial charge < -0.3 is 24.5 Å². The smallest absolute Gasteiger partial charge is 0.253 e. The summed E-state index contributed by atoms with van der Waals surface area (Å²) in [6, 6.07) is 14.5. The first-order valence-electron chi connectivity index (χ1n) is 14.6. The van der Waals surface area contributed by atoms with Crippen molar-refractivity contribution in [2.45, 2.75) is 50.9 Å². The van der Waals surface area contributed by atoms with Crippen LogP contribution in [-0.4, -0.2) is 71.7 Å². The number of likely N-dealkylation sites (tertiary alicyclic amines) is 1. The van der Waals surface area contributed by atoms with Crippen molar-refractivity contribution in [3.8, 4) is 0 Å². The quantitative estimate of drug-likeness (QED) is 0.417. The number of hydrogen-bond donors (Lipinski definition) is 1. The fourth-order valence-electron chi connectivity index (χ4n) is 7.22. The number of fused-ring (bicyclic) bond motifs is 2. The van der Waals surface area contributed by atoms with Gasteiger partial charge in [0.05, 0.1) is 17.9 Å². The zero-order valence-electron chi connectivity index (χ0n) is 23.6. The number of rotatable bonds is 7. The van der Waals surface area contributed by atoms with Gasteiger partial charge in [-0.1, -0.05) is 60.7 Å². The lowest BCUT2D eigenvalue weighted by atomic mass is 9.77. The SMILES string of the molecule is Cc1cccc(C)c1N1CC=C[C@]23O[C@H]4C=CCN(c5ccccc5)C(=O)[C@H]4[C@H]2C(=O)N(CCCCCO)C3C1=O. The van der Waals surface area contributed by atoms with Crippen molar-refractivity contribution in [2.75, 3.05) is 36.0 Å². The van der Waals surface area contributed by atoms with Gasteiger partial charge in [0.2, 0.25) is 11.8 Å². The molecule has 6 rings (SSSR count). The number of para-hydroxylation sites is 2. The van der Waals surface area contributed by atoms with Crippen molar-refractivity contribution < 1.29 is 24.2 Å². The normalized spacial score (nSPS) is 29.0. The Morgan fingerprint density at radius 3 is 2.32 bits per heavy atom. The molecule has 5 atom stereocenters. The highest BCUT2D eigenvalue weighted by atomic mass is 16.5. The molecule has 2 saturated heterocycles. The Morgan fingerprint density at radius 2 is 1.59 bits per heavy atom. The number of benzene rings is 2. The molecule has 0 saturated carbocycles. The third-order valence-corrected chi connectivity index (χ3v) is 8.99. The van der Waals surface area contributed by atoms with Crippen LogP contribution < -0.4 is 9.80 Å². The Morgan fingerprint density at radius 1 is 0.854 bits per heavy atom. The standard InChI is InChI=1S/C33H37N3O5/c1-22-12-9-13-23(2)28(22)35-20-11-17-33-27(31(39)36(29(33)32(35)40)18-7-4-8-21-37)26-25(41-33)16-10-19-34(30(26)38)24-14-5-3-6-15-24/h3,5-6,9-17,25-27,29,37H,4,7-8,18-21H2,1-2H3/t25-,26+,27-,29?,33-/m0/s1. The molecule has 0 radical (unpaired) electrons. The number of carbonyl (C=O) groups is 3. The third kappa shape index (κ3) is 4.41. The molecule has 4 heterocycles. The van der Waals surface area contributed by atoms with Crippen LogP contribution in [0.3, 0.4) is 0 Å². The highest BCUT2D eigenvalue weighted by Crippen LogP contribution is 2.54. The number of nitrogens with zero attached hydrogens (tertiary/aromatic N) is 3.